The smallest absolute Gasteiger partial charge is 0.312 e. The molecule has 248 valence electrons. The van der Waals surface area contributed by atoms with Gasteiger partial charge in [-0.25, -0.2) is 0 Å². The summed E-state index contributed by atoms with van der Waals surface area (Å²) in [5.74, 6) is -0.228. The molecule has 0 radical (unpaired) electrons. The highest BCUT2D eigenvalue weighted by molar-refractivity contribution is 5.81. The summed E-state index contributed by atoms with van der Waals surface area (Å²) in [6, 6.07) is 28.3. The molecule has 3 aromatic carbocycles. The van der Waals surface area contributed by atoms with Crippen LogP contribution in [0, 0.1) is 16.7 Å². The predicted molar refractivity (Wildman–Crippen MR) is 184 cm³/mol. The molecule has 3 unspecified atom stereocenters. The first kappa shape index (κ1) is 35.4. The standard InChI is InChI=1S/C41H54O5/c1-6-31(2)26-41(34-20-12-8-13-21-34,35-22-16-19-33(25-35)27-42)30-40(5,38(44)46-36-23-14-9-15-24-36)29-39(3,4)37(43)45-28-32-17-10-7-11-18-32/h7-8,10-13,16-22,25,31,36,42H,6,9,14-15,23-24,26-30H2,1-5H3. The Hall–Kier alpha value is -3.44. The fourth-order valence-corrected chi connectivity index (χ4v) is 7.46. The van der Waals surface area contributed by atoms with Crippen LogP contribution in [0.1, 0.15) is 115 Å². The lowest BCUT2D eigenvalue weighted by Gasteiger charge is -2.45. The van der Waals surface area contributed by atoms with Crippen molar-refractivity contribution in [3.05, 3.63) is 107 Å². The Bertz CT molecular complexity index is 1390. The molecule has 0 amide bonds. The number of aliphatic hydroxyl groups excluding tert-OH is 1. The summed E-state index contributed by atoms with van der Waals surface area (Å²) in [4.78, 5) is 28.4. The third-order valence-corrected chi connectivity index (χ3v) is 9.99. The molecule has 0 aromatic heterocycles. The van der Waals surface area contributed by atoms with E-state index in [-0.39, 0.29) is 37.7 Å². The van der Waals surface area contributed by atoms with Gasteiger partial charge in [0.15, 0.2) is 0 Å². The Balaban J connectivity index is 1.80. The fraction of sp³-hybridized carbons (Fsp3) is 0.512. The molecule has 0 saturated heterocycles. The van der Waals surface area contributed by atoms with Crippen molar-refractivity contribution in [3.63, 3.8) is 0 Å². The predicted octanol–water partition coefficient (Wildman–Crippen LogP) is 9.33. The number of ether oxygens (including phenoxy) is 2. The van der Waals surface area contributed by atoms with Crippen molar-refractivity contribution >= 4 is 11.9 Å². The maximum Gasteiger partial charge on any atom is 0.312 e. The van der Waals surface area contributed by atoms with Crippen LogP contribution >= 0.6 is 0 Å². The lowest BCUT2D eigenvalue weighted by atomic mass is 9.58. The van der Waals surface area contributed by atoms with Gasteiger partial charge in [0.2, 0.25) is 0 Å². The Labute approximate surface area is 276 Å². The van der Waals surface area contributed by atoms with E-state index in [9.17, 15) is 14.7 Å². The molecule has 0 aliphatic heterocycles. The molecule has 0 bridgehead atoms. The van der Waals surface area contributed by atoms with Crippen LogP contribution in [-0.2, 0) is 37.7 Å². The zero-order valence-electron chi connectivity index (χ0n) is 28.6. The minimum absolute atomic E-state index is 0.0662. The van der Waals surface area contributed by atoms with E-state index >= 15 is 0 Å². The van der Waals surface area contributed by atoms with Crippen molar-refractivity contribution in [2.75, 3.05) is 0 Å². The van der Waals surface area contributed by atoms with Crippen molar-refractivity contribution < 1.29 is 24.2 Å². The van der Waals surface area contributed by atoms with Gasteiger partial charge in [-0.1, -0.05) is 112 Å². The van der Waals surface area contributed by atoms with E-state index in [1.54, 1.807) is 0 Å². The van der Waals surface area contributed by atoms with E-state index in [2.05, 4.69) is 50.2 Å². The van der Waals surface area contributed by atoms with Crippen LogP contribution in [-0.4, -0.2) is 23.1 Å². The highest BCUT2D eigenvalue weighted by Crippen LogP contribution is 2.51. The van der Waals surface area contributed by atoms with E-state index in [1.165, 1.54) is 6.42 Å². The monoisotopic (exact) mass is 626 g/mol. The van der Waals surface area contributed by atoms with Crippen LogP contribution in [0.2, 0.25) is 0 Å². The van der Waals surface area contributed by atoms with Crippen LogP contribution in [0.4, 0.5) is 0 Å². The average Bonchev–Trinajstić information content (AvgIpc) is 3.07. The summed E-state index contributed by atoms with van der Waals surface area (Å²) >= 11 is 0. The normalized spacial score (nSPS) is 17.3. The molecule has 1 fully saturated rings. The van der Waals surface area contributed by atoms with Crippen molar-refractivity contribution in [3.8, 4) is 0 Å². The quantitative estimate of drug-likeness (QED) is 0.170. The molecule has 1 aliphatic rings. The lowest BCUT2D eigenvalue weighted by Crippen LogP contribution is -2.46. The van der Waals surface area contributed by atoms with Crippen LogP contribution in [0.25, 0.3) is 0 Å². The van der Waals surface area contributed by atoms with Gasteiger partial charge in [-0.15, -0.1) is 0 Å². The van der Waals surface area contributed by atoms with Gasteiger partial charge in [0.1, 0.15) is 12.7 Å². The first-order chi connectivity index (χ1) is 22.0. The highest BCUT2D eigenvalue weighted by Gasteiger charge is 2.51. The second kappa shape index (κ2) is 15.9. The minimum Gasteiger partial charge on any atom is -0.462 e. The van der Waals surface area contributed by atoms with Crippen molar-refractivity contribution in [1.82, 2.24) is 0 Å². The lowest BCUT2D eigenvalue weighted by molar-refractivity contribution is -0.169. The molecule has 3 aromatic rings. The number of rotatable bonds is 15. The number of carbonyl (C=O) groups is 2. The molecule has 1 N–H and O–H groups in total. The molecular weight excluding hydrogens is 572 g/mol. The second-order valence-electron chi connectivity index (χ2n) is 14.5. The molecule has 0 heterocycles. The van der Waals surface area contributed by atoms with Crippen molar-refractivity contribution in [2.45, 2.75) is 117 Å². The van der Waals surface area contributed by atoms with Gasteiger partial charge in [0.05, 0.1) is 17.4 Å². The molecular formula is C41H54O5. The summed E-state index contributed by atoms with van der Waals surface area (Å²) in [5.41, 5.74) is 1.38. The number of hydrogen-bond acceptors (Lipinski definition) is 5. The number of carbonyl (C=O) groups excluding carboxylic acids is 2. The Kier molecular flexibility index (Phi) is 12.2. The van der Waals surface area contributed by atoms with Gasteiger partial charge in [-0.3, -0.25) is 9.59 Å². The van der Waals surface area contributed by atoms with Gasteiger partial charge >= 0.3 is 11.9 Å². The maximum absolute atomic E-state index is 14.6. The van der Waals surface area contributed by atoms with E-state index in [1.807, 2.05) is 69.3 Å². The average molecular weight is 627 g/mol. The molecule has 5 heteroatoms. The Morgan fingerprint density at radius 1 is 0.804 bits per heavy atom. The van der Waals surface area contributed by atoms with Crippen LogP contribution in [0.3, 0.4) is 0 Å². The second-order valence-corrected chi connectivity index (χ2v) is 14.5. The zero-order valence-corrected chi connectivity index (χ0v) is 28.6. The Morgan fingerprint density at radius 3 is 2.04 bits per heavy atom. The maximum atomic E-state index is 14.6. The molecule has 4 rings (SSSR count). The Morgan fingerprint density at radius 2 is 1.41 bits per heavy atom. The number of aliphatic hydroxyl groups is 1. The number of esters is 2. The summed E-state index contributed by atoms with van der Waals surface area (Å²) in [5, 5.41) is 10.2. The van der Waals surface area contributed by atoms with E-state index in [0.717, 1.165) is 60.8 Å². The first-order valence-electron chi connectivity index (χ1n) is 17.2. The topological polar surface area (TPSA) is 72.8 Å². The SMILES string of the molecule is CCC(C)CC(CC(C)(CC(C)(C)C(=O)OCc1ccccc1)C(=O)OC1CCCCC1)(c1ccccc1)c1cccc(CO)c1. The first-order valence-corrected chi connectivity index (χ1v) is 17.2. The van der Waals surface area contributed by atoms with E-state index in [0.29, 0.717) is 12.3 Å². The van der Waals surface area contributed by atoms with Gasteiger partial charge in [0.25, 0.3) is 0 Å². The van der Waals surface area contributed by atoms with Crippen molar-refractivity contribution in [2.24, 2.45) is 16.7 Å². The van der Waals surface area contributed by atoms with Crippen LogP contribution < -0.4 is 0 Å². The molecule has 1 aliphatic carbocycles. The van der Waals surface area contributed by atoms with E-state index in [4.69, 9.17) is 9.47 Å². The number of hydrogen-bond donors (Lipinski definition) is 1. The largest absolute Gasteiger partial charge is 0.462 e. The fourth-order valence-electron chi connectivity index (χ4n) is 7.46. The van der Waals surface area contributed by atoms with Crippen LogP contribution in [0.15, 0.2) is 84.9 Å². The molecule has 46 heavy (non-hydrogen) atoms. The summed E-state index contributed by atoms with van der Waals surface area (Å²) in [6.45, 7) is 10.3. The molecule has 3 atom stereocenters. The summed E-state index contributed by atoms with van der Waals surface area (Å²) in [6.07, 6.45) is 7.43. The molecule has 5 nitrogen and oxygen atoms in total. The summed E-state index contributed by atoms with van der Waals surface area (Å²) in [7, 11) is 0. The summed E-state index contributed by atoms with van der Waals surface area (Å²) < 4.78 is 12.2. The highest BCUT2D eigenvalue weighted by atomic mass is 16.5. The minimum atomic E-state index is -1.02. The van der Waals surface area contributed by atoms with Gasteiger partial charge in [0, 0.05) is 5.41 Å². The third kappa shape index (κ3) is 8.88. The van der Waals surface area contributed by atoms with Crippen molar-refractivity contribution in [1.29, 1.82) is 0 Å². The number of benzene rings is 3. The van der Waals surface area contributed by atoms with Gasteiger partial charge in [-0.05, 0) is 93.9 Å². The molecule has 0 spiro atoms. The van der Waals surface area contributed by atoms with Crippen LogP contribution in [0.5, 0.6) is 0 Å². The zero-order chi connectivity index (χ0) is 33.2. The van der Waals surface area contributed by atoms with Gasteiger partial charge in [-0.2, -0.15) is 0 Å². The third-order valence-electron chi connectivity index (χ3n) is 9.99. The molecule has 1 saturated carbocycles. The van der Waals surface area contributed by atoms with Gasteiger partial charge < -0.3 is 14.6 Å². The van der Waals surface area contributed by atoms with E-state index < -0.39 is 16.2 Å².